The highest BCUT2D eigenvalue weighted by Crippen LogP contribution is 2.08. The molecule has 5 amide bonds. The summed E-state index contributed by atoms with van der Waals surface area (Å²) in [6, 6.07) is 23.1. The highest BCUT2D eigenvalue weighted by atomic mass is 16.2. The molecular formula is C35H45N9O5. The molecule has 0 aromatic heterocycles. The summed E-state index contributed by atoms with van der Waals surface area (Å²) in [5.74, 6) is -3.32. The molecule has 0 unspecified atom stereocenters. The standard InChI is InChI=1S/C35H45N9O5/c36-26(19-23-11-4-1-5-12-23)32(47)43-27(17-10-18-40-35(38)39)33(48)41-22-30(45)42-29(21-25-15-8-3-9-16-25)34(49)44-28(31(37)46)20-24-13-6-2-7-14-24/h1-9,11-16,26-29H,10,17-22,36H2,(H2,37,46)(H,41,48)(H,42,45)(H,43,47)(H,44,49)(H4,38,39,40)/t26-,27-,28-,29-/m0/s1. The van der Waals surface area contributed by atoms with E-state index in [0.29, 0.717) is 6.42 Å². The van der Waals surface area contributed by atoms with Gasteiger partial charge in [-0.25, -0.2) is 0 Å². The van der Waals surface area contributed by atoms with Crippen molar-refractivity contribution in [3.63, 3.8) is 0 Å². The number of nitrogens with two attached hydrogens (primary N) is 4. The van der Waals surface area contributed by atoms with Gasteiger partial charge >= 0.3 is 0 Å². The van der Waals surface area contributed by atoms with Gasteiger partial charge in [0.15, 0.2) is 5.96 Å². The molecule has 14 heteroatoms. The van der Waals surface area contributed by atoms with E-state index in [0.717, 1.165) is 16.7 Å². The van der Waals surface area contributed by atoms with E-state index in [9.17, 15) is 24.0 Å². The number of nitrogens with zero attached hydrogens (tertiary/aromatic N) is 1. The number of aliphatic imine (C=N–C) groups is 1. The number of nitrogens with one attached hydrogen (secondary N) is 4. The van der Waals surface area contributed by atoms with Crippen LogP contribution in [-0.4, -0.2) is 72.8 Å². The van der Waals surface area contributed by atoms with Gasteiger partial charge in [-0.15, -0.1) is 0 Å². The van der Waals surface area contributed by atoms with Crippen molar-refractivity contribution in [2.75, 3.05) is 13.1 Å². The largest absolute Gasteiger partial charge is 0.370 e. The van der Waals surface area contributed by atoms with E-state index in [1.165, 1.54) is 0 Å². The molecule has 0 fully saturated rings. The number of hydrogen-bond donors (Lipinski definition) is 8. The van der Waals surface area contributed by atoms with Gasteiger partial charge in [0, 0.05) is 19.4 Å². The molecule has 0 radical (unpaired) electrons. The Morgan fingerprint density at radius 3 is 1.59 bits per heavy atom. The molecule has 0 saturated heterocycles. The average molecular weight is 672 g/mol. The van der Waals surface area contributed by atoms with E-state index in [1.807, 2.05) is 54.6 Å². The number of amides is 5. The predicted molar refractivity (Wildman–Crippen MR) is 186 cm³/mol. The summed E-state index contributed by atoms with van der Waals surface area (Å²) in [6.07, 6.45) is 1.02. The second kappa shape index (κ2) is 19.8. The van der Waals surface area contributed by atoms with Crippen molar-refractivity contribution in [1.82, 2.24) is 21.3 Å². The lowest BCUT2D eigenvalue weighted by Gasteiger charge is -2.23. The molecule has 3 rings (SSSR count). The molecule has 0 aliphatic rings. The molecule has 260 valence electrons. The summed E-state index contributed by atoms with van der Waals surface area (Å²) in [5.41, 5.74) is 24.9. The number of carbonyl (C=O) groups excluding carboxylic acids is 5. The molecule has 3 aromatic carbocycles. The normalized spacial score (nSPS) is 13.1. The predicted octanol–water partition coefficient (Wildman–Crippen LogP) is -0.849. The molecule has 3 aromatic rings. The zero-order chi connectivity index (χ0) is 35.6. The third-order valence-corrected chi connectivity index (χ3v) is 7.51. The highest BCUT2D eigenvalue weighted by molar-refractivity contribution is 5.94. The van der Waals surface area contributed by atoms with Crippen LogP contribution in [0.1, 0.15) is 29.5 Å². The summed E-state index contributed by atoms with van der Waals surface area (Å²) in [4.78, 5) is 68.9. The van der Waals surface area contributed by atoms with Crippen molar-refractivity contribution in [3.05, 3.63) is 108 Å². The van der Waals surface area contributed by atoms with E-state index in [2.05, 4.69) is 26.3 Å². The van der Waals surface area contributed by atoms with Crippen LogP contribution >= 0.6 is 0 Å². The van der Waals surface area contributed by atoms with Crippen molar-refractivity contribution >= 4 is 35.5 Å². The Hall–Kier alpha value is -5.76. The van der Waals surface area contributed by atoms with Gasteiger partial charge in [0.1, 0.15) is 18.1 Å². The van der Waals surface area contributed by atoms with Crippen LogP contribution in [0.15, 0.2) is 96.0 Å². The van der Waals surface area contributed by atoms with Gasteiger partial charge in [-0.3, -0.25) is 29.0 Å². The van der Waals surface area contributed by atoms with Crippen molar-refractivity contribution in [2.24, 2.45) is 27.9 Å². The molecule has 49 heavy (non-hydrogen) atoms. The van der Waals surface area contributed by atoms with Crippen LogP contribution < -0.4 is 44.2 Å². The first-order chi connectivity index (χ1) is 23.5. The van der Waals surface area contributed by atoms with Gasteiger partial charge in [-0.2, -0.15) is 0 Å². The minimum absolute atomic E-state index is 0.103. The monoisotopic (exact) mass is 671 g/mol. The van der Waals surface area contributed by atoms with E-state index in [4.69, 9.17) is 22.9 Å². The van der Waals surface area contributed by atoms with Crippen molar-refractivity contribution in [2.45, 2.75) is 56.3 Å². The lowest BCUT2D eigenvalue weighted by Crippen LogP contribution is -2.56. The van der Waals surface area contributed by atoms with Gasteiger partial charge in [-0.1, -0.05) is 91.0 Å². The molecule has 0 spiro atoms. The van der Waals surface area contributed by atoms with Crippen LogP contribution in [0.2, 0.25) is 0 Å². The number of guanidine groups is 1. The molecule has 0 aliphatic carbocycles. The SMILES string of the molecule is NC(=O)[C@H](Cc1ccccc1)NC(=O)[C@H](Cc1ccccc1)NC(=O)CNC(=O)[C@H](CCCN=C(N)N)NC(=O)[C@@H](N)Cc1ccccc1. The molecule has 0 aliphatic heterocycles. The Balaban J connectivity index is 1.66. The Bertz CT molecular complexity index is 1550. The first-order valence-corrected chi connectivity index (χ1v) is 15.9. The first kappa shape index (κ1) is 37.7. The third kappa shape index (κ3) is 13.9. The van der Waals surface area contributed by atoms with Crippen LogP contribution in [-0.2, 0) is 43.2 Å². The lowest BCUT2D eigenvalue weighted by molar-refractivity contribution is -0.132. The van der Waals surface area contributed by atoms with E-state index < -0.39 is 60.2 Å². The van der Waals surface area contributed by atoms with E-state index in [-0.39, 0.29) is 38.2 Å². The van der Waals surface area contributed by atoms with Crippen LogP contribution in [0.3, 0.4) is 0 Å². The van der Waals surface area contributed by atoms with Crippen molar-refractivity contribution < 1.29 is 24.0 Å². The van der Waals surface area contributed by atoms with Crippen molar-refractivity contribution in [3.8, 4) is 0 Å². The fourth-order valence-electron chi connectivity index (χ4n) is 4.95. The second-order valence-corrected chi connectivity index (χ2v) is 11.5. The fourth-order valence-corrected chi connectivity index (χ4v) is 4.95. The Morgan fingerprint density at radius 2 is 1.08 bits per heavy atom. The molecule has 0 heterocycles. The van der Waals surface area contributed by atoms with Crippen LogP contribution in [0, 0.1) is 0 Å². The Kier molecular flexibility index (Phi) is 15.2. The second-order valence-electron chi connectivity index (χ2n) is 11.5. The van der Waals surface area contributed by atoms with E-state index in [1.54, 1.807) is 36.4 Å². The third-order valence-electron chi connectivity index (χ3n) is 7.51. The van der Waals surface area contributed by atoms with Crippen molar-refractivity contribution in [1.29, 1.82) is 0 Å². The van der Waals surface area contributed by atoms with Gasteiger partial charge in [0.25, 0.3) is 0 Å². The number of hydrogen-bond acceptors (Lipinski definition) is 7. The summed E-state index contributed by atoms with van der Waals surface area (Å²) in [7, 11) is 0. The highest BCUT2D eigenvalue weighted by Gasteiger charge is 2.28. The summed E-state index contributed by atoms with van der Waals surface area (Å²) >= 11 is 0. The maximum Gasteiger partial charge on any atom is 0.243 e. The number of benzene rings is 3. The number of primary amides is 1. The minimum atomic E-state index is -1.10. The van der Waals surface area contributed by atoms with Crippen LogP contribution in [0.4, 0.5) is 0 Å². The summed E-state index contributed by atoms with van der Waals surface area (Å²) in [5, 5.41) is 10.5. The van der Waals surface area contributed by atoms with Gasteiger partial charge in [-0.05, 0) is 36.0 Å². The zero-order valence-electron chi connectivity index (χ0n) is 27.2. The molecule has 4 atom stereocenters. The van der Waals surface area contributed by atoms with Gasteiger partial charge < -0.3 is 44.2 Å². The topological polar surface area (TPSA) is 250 Å². The molecule has 14 nitrogen and oxygen atoms in total. The smallest absolute Gasteiger partial charge is 0.243 e. The average Bonchev–Trinajstić information content (AvgIpc) is 3.09. The maximum atomic E-state index is 13.4. The molecular weight excluding hydrogens is 626 g/mol. The quantitative estimate of drug-likeness (QED) is 0.0452. The minimum Gasteiger partial charge on any atom is -0.370 e. The number of carbonyl (C=O) groups is 5. The molecule has 12 N–H and O–H groups in total. The van der Waals surface area contributed by atoms with Crippen LogP contribution in [0.25, 0.3) is 0 Å². The van der Waals surface area contributed by atoms with Gasteiger partial charge in [0.05, 0.1) is 12.6 Å². The summed E-state index contributed by atoms with van der Waals surface area (Å²) in [6.45, 7) is -0.289. The number of rotatable bonds is 19. The van der Waals surface area contributed by atoms with E-state index >= 15 is 0 Å². The fraction of sp³-hybridized carbons (Fsp3) is 0.314. The first-order valence-electron chi connectivity index (χ1n) is 15.9. The van der Waals surface area contributed by atoms with Gasteiger partial charge in [0.2, 0.25) is 29.5 Å². The molecule has 0 saturated carbocycles. The zero-order valence-corrected chi connectivity index (χ0v) is 27.2. The lowest BCUT2D eigenvalue weighted by atomic mass is 10.0. The summed E-state index contributed by atoms with van der Waals surface area (Å²) < 4.78 is 0. The Labute approximate surface area is 285 Å². The van der Waals surface area contributed by atoms with Crippen LogP contribution in [0.5, 0.6) is 0 Å². The maximum absolute atomic E-state index is 13.4. The Morgan fingerprint density at radius 1 is 0.592 bits per heavy atom. The molecule has 0 bridgehead atoms.